The molecule has 4 aromatic rings. The highest BCUT2D eigenvalue weighted by molar-refractivity contribution is 9.10. The molecule has 0 bridgehead atoms. The van der Waals surface area contributed by atoms with Gasteiger partial charge in [0.05, 0.1) is 18.5 Å². The quantitative estimate of drug-likeness (QED) is 0.295. The number of aryl methyl sites for hydroxylation is 1. The number of carbonyl (C=O) groups excluding carboxylic acids is 1. The Balaban J connectivity index is 1.86. The highest BCUT2D eigenvalue weighted by Crippen LogP contribution is 2.38. The number of benzene rings is 3. The van der Waals surface area contributed by atoms with Crippen molar-refractivity contribution in [1.82, 2.24) is 14.8 Å². The molecule has 35 heavy (non-hydrogen) atoms. The van der Waals surface area contributed by atoms with Crippen LogP contribution in [0.2, 0.25) is 0 Å². The van der Waals surface area contributed by atoms with Gasteiger partial charge in [-0.05, 0) is 80.7 Å². The van der Waals surface area contributed by atoms with Crippen LogP contribution in [0.1, 0.15) is 15.9 Å². The Labute approximate surface area is 215 Å². The van der Waals surface area contributed by atoms with E-state index in [4.69, 9.17) is 4.74 Å². The lowest BCUT2D eigenvalue weighted by Crippen LogP contribution is -2.31. The fraction of sp³-hybridized carbons (Fsp3) is 0.207. The molecule has 1 amide bonds. The van der Waals surface area contributed by atoms with Crippen LogP contribution >= 0.6 is 15.9 Å². The van der Waals surface area contributed by atoms with E-state index in [1.807, 2.05) is 61.5 Å². The zero-order valence-electron chi connectivity index (χ0n) is 20.5. The van der Waals surface area contributed by atoms with Crippen molar-refractivity contribution in [1.29, 1.82) is 0 Å². The first kappa shape index (κ1) is 24.8. The number of aromatic nitrogens is 1. The summed E-state index contributed by atoms with van der Waals surface area (Å²) in [6, 6.07) is 26.4. The molecular weight excluding hydrogens is 502 g/mol. The molecule has 0 atom stereocenters. The summed E-state index contributed by atoms with van der Waals surface area (Å²) in [5, 5.41) is 3.01. The van der Waals surface area contributed by atoms with Gasteiger partial charge in [0.25, 0.3) is 5.91 Å². The summed E-state index contributed by atoms with van der Waals surface area (Å²) in [6.07, 6.45) is 0. The summed E-state index contributed by atoms with van der Waals surface area (Å²) in [6.45, 7) is 3.47. The minimum absolute atomic E-state index is 0.0992. The number of likely N-dealkylation sites (N-methyl/N-ethyl adjacent to an activating group) is 1. The van der Waals surface area contributed by atoms with E-state index in [1.54, 1.807) is 7.11 Å². The number of para-hydroxylation sites is 1. The smallest absolute Gasteiger partial charge is 0.251 e. The predicted octanol–water partition coefficient (Wildman–Crippen LogP) is 6.18. The number of halogens is 1. The molecular formula is C29H30BrN3O2. The van der Waals surface area contributed by atoms with Gasteiger partial charge in [0.1, 0.15) is 5.75 Å². The van der Waals surface area contributed by atoms with E-state index in [0.717, 1.165) is 44.8 Å². The zero-order valence-corrected chi connectivity index (χ0v) is 22.1. The second-order valence-corrected chi connectivity index (χ2v) is 9.62. The summed E-state index contributed by atoms with van der Waals surface area (Å²) >= 11 is 3.54. The molecule has 0 aliphatic carbocycles. The third-order valence-corrected chi connectivity index (χ3v) is 6.49. The molecule has 0 fully saturated rings. The van der Waals surface area contributed by atoms with Crippen molar-refractivity contribution in [2.75, 3.05) is 34.3 Å². The number of nitrogens with zero attached hydrogens (tertiary/aromatic N) is 2. The molecule has 0 aliphatic rings. The predicted molar refractivity (Wildman–Crippen MR) is 147 cm³/mol. The van der Waals surface area contributed by atoms with Crippen molar-refractivity contribution in [3.05, 3.63) is 94.5 Å². The SMILES string of the molecule is COc1ccc(C(=O)NCCN(C)C)cc1-c1ccc(-c2ccc(Br)cc2)n1-c1ccccc1C. The van der Waals surface area contributed by atoms with E-state index in [0.29, 0.717) is 17.9 Å². The van der Waals surface area contributed by atoms with Crippen LogP contribution in [-0.4, -0.2) is 49.7 Å². The lowest BCUT2D eigenvalue weighted by molar-refractivity contribution is 0.0951. The van der Waals surface area contributed by atoms with Crippen LogP contribution in [0.15, 0.2) is 83.3 Å². The summed E-state index contributed by atoms with van der Waals surface area (Å²) in [7, 11) is 5.63. The third kappa shape index (κ3) is 5.50. The Kier molecular flexibility index (Phi) is 7.73. The molecule has 0 saturated carbocycles. The Bertz CT molecular complexity index is 1330. The van der Waals surface area contributed by atoms with Crippen molar-refractivity contribution in [2.45, 2.75) is 6.92 Å². The monoisotopic (exact) mass is 531 g/mol. The molecule has 1 aromatic heterocycles. The van der Waals surface area contributed by atoms with Crippen molar-refractivity contribution in [3.63, 3.8) is 0 Å². The summed E-state index contributed by atoms with van der Waals surface area (Å²) in [4.78, 5) is 14.9. The molecule has 0 unspecified atom stereocenters. The average molecular weight is 532 g/mol. The lowest BCUT2D eigenvalue weighted by Gasteiger charge is -2.18. The minimum Gasteiger partial charge on any atom is -0.496 e. The van der Waals surface area contributed by atoms with Gasteiger partial charge in [0.2, 0.25) is 0 Å². The molecule has 0 saturated heterocycles. The second-order valence-electron chi connectivity index (χ2n) is 8.71. The molecule has 3 aromatic carbocycles. The van der Waals surface area contributed by atoms with Gasteiger partial charge in [-0.15, -0.1) is 0 Å². The lowest BCUT2D eigenvalue weighted by atomic mass is 10.1. The van der Waals surface area contributed by atoms with Crippen molar-refractivity contribution in [3.8, 4) is 34.0 Å². The fourth-order valence-corrected chi connectivity index (χ4v) is 4.38. The van der Waals surface area contributed by atoms with Gasteiger partial charge in [-0.2, -0.15) is 0 Å². The number of hydrogen-bond acceptors (Lipinski definition) is 3. The van der Waals surface area contributed by atoms with Crippen LogP contribution in [0.25, 0.3) is 28.2 Å². The number of rotatable bonds is 8. The first-order valence-electron chi connectivity index (χ1n) is 11.5. The second kappa shape index (κ2) is 10.9. The Morgan fingerprint density at radius 2 is 1.69 bits per heavy atom. The fourth-order valence-electron chi connectivity index (χ4n) is 4.11. The molecule has 180 valence electrons. The van der Waals surface area contributed by atoms with E-state index in [9.17, 15) is 4.79 Å². The Hall–Kier alpha value is -3.35. The van der Waals surface area contributed by atoms with Crippen molar-refractivity contribution in [2.24, 2.45) is 0 Å². The number of methoxy groups -OCH3 is 1. The molecule has 1 heterocycles. The normalized spacial score (nSPS) is 11.0. The van der Waals surface area contributed by atoms with E-state index < -0.39 is 0 Å². The van der Waals surface area contributed by atoms with Crippen LogP contribution in [-0.2, 0) is 0 Å². The van der Waals surface area contributed by atoms with E-state index in [-0.39, 0.29) is 5.91 Å². The topological polar surface area (TPSA) is 46.5 Å². The molecule has 5 nitrogen and oxygen atoms in total. The van der Waals surface area contributed by atoms with Crippen LogP contribution in [0.3, 0.4) is 0 Å². The maximum absolute atomic E-state index is 12.9. The van der Waals surface area contributed by atoms with Gasteiger partial charge in [-0.1, -0.05) is 46.3 Å². The average Bonchev–Trinajstić information content (AvgIpc) is 3.28. The maximum atomic E-state index is 12.9. The first-order valence-corrected chi connectivity index (χ1v) is 12.3. The van der Waals surface area contributed by atoms with Gasteiger partial charge in [0, 0.05) is 34.4 Å². The van der Waals surface area contributed by atoms with E-state index in [2.05, 4.69) is 69.1 Å². The Morgan fingerprint density at radius 1 is 0.971 bits per heavy atom. The Morgan fingerprint density at radius 3 is 2.37 bits per heavy atom. The highest BCUT2D eigenvalue weighted by atomic mass is 79.9. The largest absolute Gasteiger partial charge is 0.496 e. The third-order valence-electron chi connectivity index (χ3n) is 5.96. The van der Waals surface area contributed by atoms with Crippen LogP contribution < -0.4 is 10.1 Å². The van der Waals surface area contributed by atoms with Crippen LogP contribution in [0.5, 0.6) is 5.75 Å². The number of ether oxygens (including phenoxy) is 1. The van der Waals surface area contributed by atoms with Crippen LogP contribution in [0.4, 0.5) is 0 Å². The number of carbonyl (C=O) groups is 1. The molecule has 0 aliphatic heterocycles. The van der Waals surface area contributed by atoms with Crippen molar-refractivity contribution < 1.29 is 9.53 Å². The standard InChI is InChI=1S/C29H30BrN3O2/c1-20-7-5-6-8-25(20)33-26(21-9-12-23(30)13-10-21)14-15-27(33)24-19-22(11-16-28(24)35-4)29(34)31-17-18-32(2)3/h5-16,19H,17-18H2,1-4H3,(H,31,34). The van der Waals surface area contributed by atoms with Gasteiger partial charge < -0.3 is 19.5 Å². The van der Waals surface area contributed by atoms with E-state index >= 15 is 0 Å². The molecule has 1 N–H and O–H groups in total. The van der Waals surface area contributed by atoms with Gasteiger partial charge in [0.15, 0.2) is 0 Å². The highest BCUT2D eigenvalue weighted by Gasteiger charge is 2.19. The summed E-state index contributed by atoms with van der Waals surface area (Å²) < 4.78 is 9.01. The van der Waals surface area contributed by atoms with E-state index in [1.165, 1.54) is 0 Å². The minimum atomic E-state index is -0.0992. The molecule has 0 spiro atoms. The summed E-state index contributed by atoms with van der Waals surface area (Å²) in [5.74, 6) is 0.614. The first-order chi connectivity index (χ1) is 16.9. The van der Waals surface area contributed by atoms with Crippen LogP contribution in [0, 0.1) is 6.92 Å². The summed E-state index contributed by atoms with van der Waals surface area (Å²) in [5.41, 5.74) is 6.80. The van der Waals surface area contributed by atoms with Gasteiger partial charge in [-0.25, -0.2) is 0 Å². The van der Waals surface area contributed by atoms with Gasteiger partial charge >= 0.3 is 0 Å². The number of hydrogen-bond donors (Lipinski definition) is 1. The molecule has 0 radical (unpaired) electrons. The van der Waals surface area contributed by atoms with Gasteiger partial charge in [-0.3, -0.25) is 4.79 Å². The molecule has 6 heteroatoms. The molecule has 4 rings (SSSR count). The number of amides is 1. The zero-order chi connectivity index (χ0) is 24.9. The maximum Gasteiger partial charge on any atom is 0.251 e. The number of nitrogens with one attached hydrogen (secondary N) is 1. The van der Waals surface area contributed by atoms with Crippen molar-refractivity contribution >= 4 is 21.8 Å².